The summed E-state index contributed by atoms with van der Waals surface area (Å²) in [7, 11) is -3.53. The van der Waals surface area contributed by atoms with Gasteiger partial charge in [-0.3, -0.25) is 4.79 Å². The second-order valence-corrected chi connectivity index (χ2v) is 6.61. The number of hydrogen-bond donors (Lipinski definition) is 1. The Balaban J connectivity index is 2.86. The SMILES string of the molecule is Cc1cc(-c2cc(S(C)(=O)=O)ccc2F)c(C#N)c(=O)[nH]1. The van der Waals surface area contributed by atoms with Gasteiger partial charge in [-0.25, -0.2) is 12.8 Å². The molecule has 5 nitrogen and oxygen atoms in total. The third-order valence-electron chi connectivity index (χ3n) is 2.94. The quantitative estimate of drug-likeness (QED) is 0.856. The van der Waals surface area contributed by atoms with Crippen LogP contribution < -0.4 is 5.56 Å². The predicted molar refractivity (Wildman–Crippen MR) is 75.0 cm³/mol. The van der Waals surface area contributed by atoms with E-state index >= 15 is 0 Å². The minimum atomic E-state index is -3.53. The highest BCUT2D eigenvalue weighted by atomic mass is 32.2. The van der Waals surface area contributed by atoms with Crippen LogP contribution in [0.15, 0.2) is 34.0 Å². The molecule has 0 spiro atoms. The van der Waals surface area contributed by atoms with Crippen molar-refractivity contribution in [1.29, 1.82) is 5.26 Å². The molecule has 0 aliphatic rings. The van der Waals surface area contributed by atoms with Crippen molar-refractivity contribution in [1.82, 2.24) is 4.98 Å². The van der Waals surface area contributed by atoms with Crippen molar-refractivity contribution in [2.75, 3.05) is 6.26 Å². The van der Waals surface area contributed by atoms with Crippen molar-refractivity contribution in [2.24, 2.45) is 0 Å². The van der Waals surface area contributed by atoms with Gasteiger partial charge in [0.05, 0.1) is 4.90 Å². The summed E-state index contributed by atoms with van der Waals surface area (Å²) in [4.78, 5) is 14.1. The second kappa shape index (κ2) is 5.14. The minimum Gasteiger partial charge on any atom is -0.325 e. The number of aromatic amines is 1. The molecule has 2 rings (SSSR count). The van der Waals surface area contributed by atoms with Crippen LogP contribution in [0.4, 0.5) is 4.39 Å². The van der Waals surface area contributed by atoms with E-state index in [9.17, 15) is 17.6 Å². The van der Waals surface area contributed by atoms with Crippen LogP contribution in [0.1, 0.15) is 11.3 Å². The molecule has 0 saturated carbocycles. The topological polar surface area (TPSA) is 90.8 Å². The van der Waals surface area contributed by atoms with Gasteiger partial charge >= 0.3 is 0 Å². The number of rotatable bonds is 2. The minimum absolute atomic E-state index is 0.0711. The fourth-order valence-corrected chi connectivity index (χ4v) is 2.60. The first-order valence-corrected chi connectivity index (χ1v) is 7.77. The number of nitriles is 1. The highest BCUT2D eigenvalue weighted by molar-refractivity contribution is 7.90. The predicted octanol–water partition coefficient (Wildman–Crippen LogP) is 1.76. The molecule has 1 aromatic carbocycles. The monoisotopic (exact) mass is 306 g/mol. The molecule has 2 aromatic rings. The van der Waals surface area contributed by atoms with Gasteiger partial charge in [0.2, 0.25) is 0 Å². The van der Waals surface area contributed by atoms with E-state index in [1.54, 1.807) is 13.0 Å². The molecule has 7 heteroatoms. The lowest BCUT2D eigenvalue weighted by Gasteiger charge is -2.08. The first-order valence-electron chi connectivity index (χ1n) is 5.88. The van der Waals surface area contributed by atoms with Crippen molar-refractivity contribution in [2.45, 2.75) is 11.8 Å². The first kappa shape index (κ1) is 14.9. The van der Waals surface area contributed by atoms with Crippen molar-refractivity contribution >= 4 is 9.84 Å². The number of benzene rings is 1. The maximum atomic E-state index is 14.0. The highest BCUT2D eigenvalue weighted by Gasteiger charge is 2.17. The van der Waals surface area contributed by atoms with Gasteiger partial charge in [0.25, 0.3) is 5.56 Å². The van der Waals surface area contributed by atoms with Gasteiger partial charge in [-0.05, 0) is 31.2 Å². The summed E-state index contributed by atoms with van der Waals surface area (Å²) < 4.78 is 37.1. The lowest BCUT2D eigenvalue weighted by molar-refractivity contribution is 0.600. The standard InChI is InChI=1S/C14H11FN2O3S/c1-8-5-10(12(7-16)14(18)17-8)11-6-9(21(2,19)20)3-4-13(11)15/h3-6H,1-2H3,(H,17,18). The Morgan fingerprint density at radius 2 is 1.90 bits per heavy atom. The third-order valence-corrected chi connectivity index (χ3v) is 4.05. The van der Waals surface area contributed by atoms with Crippen molar-refractivity contribution in [3.05, 3.63) is 51.7 Å². The molecule has 1 aromatic heterocycles. The van der Waals surface area contributed by atoms with Crippen molar-refractivity contribution in [3.8, 4) is 17.2 Å². The zero-order valence-electron chi connectivity index (χ0n) is 11.3. The van der Waals surface area contributed by atoms with Gasteiger partial charge < -0.3 is 4.98 Å². The van der Waals surface area contributed by atoms with E-state index in [2.05, 4.69) is 4.98 Å². The number of halogens is 1. The Bertz CT molecular complexity index is 924. The van der Waals surface area contributed by atoms with E-state index in [0.29, 0.717) is 5.69 Å². The molecule has 1 heterocycles. The second-order valence-electron chi connectivity index (χ2n) is 4.60. The van der Waals surface area contributed by atoms with E-state index in [-0.39, 0.29) is 21.6 Å². The smallest absolute Gasteiger partial charge is 0.266 e. The zero-order chi connectivity index (χ0) is 15.8. The Morgan fingerprint density at radius 1 is 1.24 bits per heavy atom. The molecular formula is C14H11FN2O3S. The van der Waals surface area contributed by atoms with Crippen LogP contribution in [0.3, 0.4) is 0 Å². The maximum Gasteiger partial charge on any atom is 0.266 e. The Kier molecular flexibility index (Phi) is 3.66. The van der Waals surface area contributed by atoms with Gasteiger partial charge in [0.1, 0.15) is 17.4 Å². The molecule has 0 bridgehead atoms. The summed E-state index contributed by atoms with van der Waals surface area (Å²) in [5, 5.41) is 9.06. The van der Waals surface area contributed by atoms with Gasteiger partial charge in [-0.15, -0.1) is 0 Å². The van der Waals surface area contributed by atoms with Gasteiger partial charge in [0.15, 0.2) is 9.84 Å². The molecule has 0 amide bonds. The normalized spacial score (nSPS) is 11.1. The lowest BCUT2D eigenvalue weighted by Crippen LogP contribution is -2.13. The van der Waals surface area contributed by atoms with Gasteiger partial charge in [0, 0.05) is 23.1 Å². The van der Waals surface area contributed by atoms with Crippen LogP contribution in [-0.4, -0.2) is 19.7 Å². The number of pyridine rings is 1. The number of aromatic nitrogens is 1. The van der Waals surface area contributed by atoms with E-state index in [0.717, 1.165) is 24.5 Å². The molecule has 0 fully saturated rings. The largest absolute Gasteiger partial charge is 0.325 e. The van der Waals surface area contributed by atoms with Crippen LogP contribution >= 0.6 is 0 Å². The molecule has 0 radical (unpaired) electrons. The van der Waals surface area contributed by atoms with Crippen LogP contribution in [0, 0.1) is 24.1 Å². The Labute approximate surface area is 120 Å². The van der Waals surface area contributed by atoms with Crippen molar-refractivity contribution in [3.63, 3.8) is 0 Å². The summed E-state index contributed by atoms with van der Waals surface area (Å²) >= 11 is 0. The molecule has 0 atom stereocenters. The highest BCUT2D eigenvalue weighted by Crippen LogP contribution is 2.27. The summed E-state index contributed by atoms with van der Waals surface area (Å²) in [5.74, 6) is -0.705. The average Bonchev–Trinajstić information content (AvgIpc) is 2.37. The van der Waals surface area contributed by atoms with Crippen molar-refractivity contribution < 1.29 is 12.8 Å². The van der Waals surface area contributed by atoms with Crippen LogP contribution in [0.5, 0.6) is 0 Å². The zero-order valence-corrected chi connectivity index (χ0v) is 12.1. The Hall–Kier alpha value is -2.46. The number of hydrogen-bond acceptors (Lipinski definition) is 4. The summed E-state index contributed by atoms with van der Waals surface area (Å²) in [6.07, 6.45) is 0.998. The van der Waals surface area contributed by atoms with E-state index in [1.807, 2.05) is 0 Å². The summed E-state index contributed by atoms with van der Waals surface area (Å²) in [5.41, 5.74) is -0.481. The molecule has 21 heavy (non-hydrogen) atoms. The number of nitrogens with zero attached hydrogens (tertiary/aromatic N) is 1. The summed E-state index contributed by atoms with van der Waals surface area (Å²) in [6.45, 7) is 1.59. The number of aryl methyl sites for hydroxylation is 1. The Morgan fingerprint density at radius 3 is 2.48 bits per heavy atom. The fourth-order valence-electron chi connectivity index (χ4n) is 1.95. The molecule has 1 N–H and O–H groups in total. The first-order chi connectivity index (χ1) is 9.74. The maximum absolute atomic E-state index is 14.0. The third kappa shape index (κ3) is 2.85. The molecular weight excluding hydrogens is 295 g/mol. The lowest BCUT2D eigenvalue weighted by atomic mass is 10.0. The number of sulfone groups is 1. The van der Waals surface area contributed by atoms with E-state index < -0.39 is 21.2 Å². The number of H-pyrrole nitrogens is 1. The van der Waals surface area contributed by atoms with E-state index in [1.165, 1.54) is 6.07 Å². The number of nitrogens with one attached hydrogen (secondary N) is 1. The van der Waals surface area contributed by atoms with Gasteiger partial charge in [-0.2, -0.15) is 5.26 Å². The molecule has 0 saturated heterocycles. The van der Waals surface area contributed by atoms with Gasteiger partial charge in [-0.1, -0.05) is 0 Å². The molecule has 0 unspecified atom stereocenters. The van der Waals surface area contributed by atoms with Crippen LogP contribution in [0.25, 0.3) is 11.1 Å². The molecule has 0 aliphatic heterocycles. The van der Waals surface area contributed by atoms with Crippen LogP contribution in [-0.2, 0) is 9.84 Å². The summed E-state index contributed by atoms with van der Waals surface area (Å²) in [6, 6.07) is 6.42. The molecule has 0 aliphatic carbocycles. The molecule has 108 valence electrons. The van der Waals surface area contributed by atoms with Crippen LogP contribution in [0.2, 0.25) is 0 Å². The average molecular weight is 306 g/mol. The fraction of sp³-hybridized carbons (Fsp3) is 0.143. The van der Waals surface area contributed by atoms with E-state index in [4.69, 9.17) is 5.26 Å².